The van der Waals surface area contributed by atoms with Crippen LogP contribution in [0.5, 0.6) is 5.75 Å². The molecule has 1 aliphatic carbocycles. The summed E-state index contributed by atoms with van der Waals surface area (Å²) in [5, 5.41) is 3.18. The van der Waals surface area contributed by atoms with Crippen LogP contribution in [0.2, 0.25) is 0 Å². The number of carbonyl (C=O) groups excluding carboxylic acids is 2. The standard InChI is InChI=1S/C21H31N3O3/c1-27-19-10-5-7-17(15-19)16-20(25)23-11-6-12-24(14-13-23)21(26)22-18-8-3-2-4-9-18/h5,7,10,15,18H,2-4,6,8-9,11-14,16H2,1H3,(H,22,26). The molecule has 1 N–H and O–H groups in total. The van der Waals surface area contributed by atoms with Gasteiger partial charge < -0.3 is 19.9 Å². The molecular weight excluding hydrogens is 342 g/mol. The van der Waals surface area contributed by atoms with E-state index in [1.165, 1.54) is 19.3 Å². The smallest absolute Gasteiger partial charge is 0.317 e. The van der Waals surface area contributed by atoms with Crippen LogP contribution in [0.15, 0.2) is 24.3 Å². The maximum absolute atomic E-state index is 12.7. The summed E-state index contributed by atoms with van der Waals surface area (Å²) in [5.41, 5.74) is 0.954. The number of hydrogen-bond donors (Lipinski definition) is 1. The third kappa shape index (κ3) is 5.62. The Labute approximate surface area is 161 Å². The van der Waals surface area contributed by atoms with Crippen molar-refractivity contribution in [3.8, 4) is 5.75 Å². The van der Waals surface area contributed by atoms with Gasteiger partial charge in [0.1, 0.15) is 5.75 Å². The normalized spacial score (nSPS) is 18.7. The Bertz CT molecular complexity index is 643. The molecule has 1 aromatic carbocycles. The Morgan fingerprint density at radius 3 is 2.56 bits per heavy atom. The van der Waals surface area contributed by atoms with E-state index in [-0.39, 0.29) is 11.9 Å². The summed E-state index contributed by atoms with van der Waals surface area (Å²) in [6.45, 7) is 2.61. The van der Waals surface area contributed by atoms with Crippen molar-refractivity contribution in [3.05, 3.63) is 29.8 Å². The Morgan fingerprint density at radius 2 is 1.78 bits per heavy atom. The van der Waals surface area contributed by atoms with Gasteiger partial charge in [0.15, 0.2) is 0 Å². The molecule has 1 saturated heterocycles. The predicted molar refractivity (Wildman–Crippen MR) is 105 cm³/mol. The van der Waals surface area contributed by atoms with Crippen LogP contribution >= 0.6 is 0 Å². The minimum atomic E-state index is 0.0315. The van der Waals surface area contributed by atoms with Gasteiger partial charge >= 0.3 is 6.03 Å². The molecule has 0 bridgehead atoms. The minimum Gasteiger partial charge on any atom is -0.497 e. The monoisotopic (exact) mass is 373 g/mol. The van der Waals surface area contributed by atoms with E-state index in [0.717, 1.165) is 30.6 Å². The SMILES string of the molecule is COc1cccc(CC(=O)N2CCCN(C(=O)NC3CCCCC3)CC2)c1. The van der Waals surface area contributed by atoms with Gasteiger partial charge in [-0.25, -0.2) is 4.79 Å². The van der Waals surface area contributed by atoms with E-state index >= 15 is 0 Å². The minimum absolute atomic E-state index is 0.0315. The van der Waals surface area contributed by atoms with Crippen molar-refractivity contribution in [1.82, 2.24) is 15.1 Å². The van der Waals surface area contributed by atoms with Crippen molar-refractivity contribution >= 4 is 11.9 Å². The Hall–Kier alpha value is -2.24. The second-order valence-corrected chi connectivity index (χ2v) is 7.53. The molecule has 0 unspecified atom stereocenters. The lowest BCUT2D eigenvalue weighted by atomic mass is 9.96. The third-order valence-corrected chi connectivity index (χ3v) is 5.56. The van der Waals surface area contributed by atoms with E-state index < -0.39 is 0 Å². The van der Waals surface area contributed by atoms with E-state index in [4.69, 9.17) is 4.74 Å². The van der Waals surface area contributed by atoms with E-state index in [1.54, 1.807) is 7.11 Å². The molecule has 1 heterocycles. The molecule has 0 aromatic heterocycles. The quantitative estimate of drug-likeness (QED) is 0.883. The van der Waals surface area contributed by atoms with Crippen LogP contribution in [0.4, 0.5) is 4.79 Å². The topological polar surface area (TPSA) is 61.9 Å². The second kappa shape index (κ2) is 9.62. The summed E-state index contributed by atoms with van der Waals surface area (Å²) in [7, 11) is 1.63. The zero-order chi connectivity index (χ0) is 19.1. The number of urea groups is 1. The van der Waals surface area contributed by atoms with Gasteiger partial charge in [-0.2, -0.15) is 0 Å². The van der Waals surface area contributed by atoms with Gasteiger partial charge in [-0.3, -0.25) is 4.79 Å². The van der Waals surface area contributed by atoms with Crippen molar-refractivity contribution < 1.29 is 14.3 Å². The summed E-state index contributed by atoms with van der Waals surface area (Å²) in [6.07, 6.45) is 7.05. The van der Waals surface area contributed by atoms with E-state index in [0.29, 0.717) is 38.6 Å². The van der Waals surface area contributed by atoms with E-state index in [9.17, 15) is 9.59 Å². The zero-order valence-corrected chi connectivity index (χ0v) is 16.3. The van der Waals surface area contributed by atoms with Crippen LogP contribution in [-0.4, -0.2) is 61.1 Å². The summed E-state index contributed by atoms with van der Waals surface area (Å²) >= 11 is 0. The lowest BCUT2D eigenvalue weighted by Crippen LogP contribution is -2.47. The molecule has 0 spiro atoms. The summed E-state index contributed by atoms with van der Waals surface area (Å²) in [6, 6.07) is 7.98. The van der Waals surface area contributed by atoms with E-state index in [1.807, 2.05) is 34.1 Å². The Morgan fingerprint density at radius 1 is 1.04 bits per heavy atom. The average molecular weight is 373 g/mol. The Kier molecular flexibility index (Phi) is 6.96. The summed E-state index contributed by atoms with van der Waals surface area (Å²) in [5.74, 6) is 0.875. The first-order valence-electron chi connectivity index (χ1n) is 10.1. The first kappa shape index (κ1) is 19.5. The van der Waals surface area contributed by atoms with Crippen LogP contribution in [0.3, 0.4) is 0 Å². The number of rotatable bonds is 4. The Balaban J connectivity index is 1.49. The highest BCUT2D eigenvalue weighted by molar-refractivity contribution is 5.79. The van der Waals surface area contributed by atoms with Gasteiger partial charge in [0.25, 0.3) is 0 Å². The number of benzene rings is 1. The third-order valence-electron chi connectivity index (χ3n) is 5.56. The largest absolute Gasteiger partial charge is 0.497 e. The molecule has 2 fully saturated rings. The number of ether oxygens (including phenoxy) is 1. The summed E-state index contributed by atoms with van der Waals surface area (Å²) < 4.78 is 5.23. The van der Waals surface area contributed by atoms with Gasteiger partial charge in [-0.1, -0.05) is 31.4 Å². The van der Waals surface area contributed by atoms with Crippen molar-refractivity contribution in [2.45, 2.75) is 51.0 Å². The first-order valence-corrected chi connectivity index (χ1v) is 10.1. The fraction of sp³-hybridized carbons (Fsp3) is 0.619. The first-order chi connectivity index (χ1) is 13.2. The molecule has 3 rings (SSSR count). The fourth-order valence-corrected chi connectivity index (χ4v) is 3.95. The number of methoxy groups -OCH3 is 1. The highest BCUT2D eigenvalue weighted by atomic mass is 16.5. The zero-order valence-electron chi connectivity index (χ0n) is 16.3. The number of nitrogens with zero attached hydrogens (tertiary/aromatic N) is 2. The molecule has 3 amide bonds. The molecule has 1 saturated carbocycles. The van der Waals surface area contributed by atoms with E-state index in [2.05, 4.69) is 5.32 Å². The van der Waals surface area contributed by atoms with Gasteiger partial charge in [-0.15, -0.1) is 0 Å². The van der Waals surface area contributed by atoms with Gasteiger partial charge in [0, 0.05) is 32.2 Å². The predicted octanol–water partition coefficient (Wildman–Crippen LogP) is 2.81. The highest BCUT2D eigenvalue weighted by Gasteiger charge is 2.24. The highest BCUT2D eigenvalue weighted by Crippen LogP contribution is 2.18. The molecule has 1 aromatic rings. The molecule has 1 aliphatic heterocycles. The number of carbonyl (C=O) groups is 2. The van der Waals surface area contributed by atoms with Crippen molar-refractivity contribution in [2.75, 3.05) is 33.3 Å². The van der Waals surface area contributed by atoms with Crippen LogP contribution in [-0.2, 0) is 11.2 Å². The molecule has 27 heavy (non-hydrogen) atoms. The molecule has 6 nitrogen and oxygen atoms in total. The molecule has 148 valence electrons. The second-order valence-electron chi connectivity index (χ2n) is 7.53. The summed E-state index contributed by atoms with van der Waals surface area (Å²) in [4.78, 5) is 29.0. The fourth-order valence-electron chi connectivity index (χ4n) is 3.95. The van der Waals surface area contributed by atoms with Gasteiger partial charge in [0.05, 0.1) is 13.5 Å². The van der Waals surface area contributed by atoms with Crippen LogP contribution in [0, 0.1) is 0 Å². The van der Waals surface area contributed by atoms with Crippen LogP contribution in [0.1, 0.15) is 44.1 Å². The lowest BCUT2D eigenvalue weighted by Gasteiger charge is -2.27. The van der Waals surface area contributed by atoms with Crippen LogP contribution < -0.4 is 10.1 Å². The maximum Gasteiger partial charge on any atom is 0.317 e. The van der Waals surface area contributed by atoms with Gasteiger partial charge in [0.2, 0.25) is 5.91 Å². The lowest BCUT2D eigenvalue weighted by molar-refractivity contribution is -0.130. The van der Waals surface area contributed by atoms with Crippen molar-refractivity contribution in [2.24, 2.45) is 0 Å². The molecule has 2 aliphatic rings. The molecule has 0 atom stereocenters. The number of amides is 3. The van der Waals surface area contributed by atoms with Crippen molar-refractivity contribution in [3.63, 3.8) is 0 Å². The number of hydrogen-bond acceptors (Lipinski definition) is 3. The van der Waals surface area contributed by atoms with Crippen LogP contribution in [0.25, 0.3) is 0 Å². The molecule has 6 heteroatoms. The maximum atomic E-state index is 12.7. The molecular formula is C21H31N3O3. The molecule has 0 radical (unpaired) electrons. The number of nitrogens with one attached hydrogen (secondary N) is 1. The van der Waals surface area contributed by atoms with Gasteiger partial charge in [-0.05, 0) is 37.0 Å². The van der Waals surface area contributed by atoms with Crippen molar-refractivity contribution in [1.29, 1.82) is 0 Å². The average Bonchev–Trinajstić information content (AvgIpc) is 2.95.